The molecule has 0 saturated heterocycles. The average molecular weight is 989 g/mol. The molecule has 2 nitrogen and oxygen atoms in total. The first kappa shape index (κ1) is 44.1. The summed E-state index contributed by atoms with van der Waals surface area (Å²) in [6.07, 6.45) is 0. The van der Waals surface area contributed by atoms with Gasteiger partial charge >= 0.3 is 0 Å². The van der Waals surface area contributed by atoms with Crippen LogP contribution in [-0.2, 0) is 0 Å². The van der Waals surface area contributed by atoms with Crippen LogP contribution in [0.2, 0.25) is 0 Å². The van der Waals surface area contributed by atoms with E-state index >= 15 is 0 Å². The van der Waals surface area contributed by atoms with Crippen LogP contribution in [0.4, 0.5) is 0 Å². The van der Waals surface area contributed by atoms with E-state index in [4.69, 9.17) is 0 Å². The van der Waals surface area contributed by atoms with Crippen molar-refractivity contribution in [1.29, 1.82) is 0 Å². The van der Waals surface area contributed by atoms with Crippen LogP contribution >= 0.6 is 0 Å². The van der Waals surface area contributed by atoms with Gasteiger partial charge in [-0.3, -0.25) is 0 Å². The molecule has 0 N–H and O–H groups in total. The second-order valence-electron chi connectivity index (χ2n) is 20.6. The van der Waals surface area contributed by atoms with Crippen molar-refractivity contribution < 1.29 is 0 Å². The molecule has 0 amide bonds. The Labute approximate surface area is 451 Å². The number of hydrogen-bond donors (Lipinski definition) is 0. The summed E-state index contributed by atoms with van der Waals surface area (Å²) in [5.41, 5.74) is 19.1. The van der Waals surface area contributed by atoms with Crippen molar-refractivity contribution in [2.24, 2.45) is 0 Å². The Morgan fingerprint density at radius 3 is 0.859 bits per heavy atom. The van der Waals surface area contributed by atoms with E-state index in [2.05, 4.69) is 300 Å². The fourth-order valence-electron chi connectivity index (χ4n) is 13.3. The lowest BCUT2D eigenvalue weighted by Gasteiger charge is -2.22. The largest absolute Gasteiger partial charge is 0.309 e. The van der Waals surface area contributed by atoms with Gasteiger partial charge in [-0.1, -0.05) is 231 Å². The Hall–Kier alpha value is -10.3. The van der Waals surface area contributed by atoms with Crippen LogP contribution in [0.1, 0.15) is 0 Å². The highest BCUT2D eigenvalue weighted by molar-refractivity contribution is 6.30. The Morgan fingerprint density at radius 1 is 0.179 bits per heavy atom. The van der Waals surface area contributed by atoms with Gasteiger partial charge in [0, 0.05) is 32.9 Å². The number of benzene rings is 14. The lowest BCUT2D eigenvalue weighted by molar-refractivity contribution is 1.18. The van der Waals surface area contributed by atoms with Crippen molar-refractivity contribution in [2.75, 3.05) is 0 Å². The fourth-order valence-corrected chi connectivity index (χ4v) is 13.3. The van der Waals surface area contributed by atoms with Crippen LogP contribution in [-0.4, -0.2) is 9.13 Å². The molecular formula is C76H48N2. The van der Waals surface area contributed by atoms with Crippen molar-refractivity contribution in [3.8, 4) is 67.0 Å². The smallest absolute Gasteiger partial charge is 0.0547 e. The maximum absolute atomic E-state index is 2.53. The molecule has 0 spiro atoms. The third kappa shape index (κ3) is 6.63. The lowest BCUT2D eigenvalue weighted by Crippen LogP contribution is -1.95. The second-order valence-corrected chi connectivity index (χ2v) is 20.6. The molecule has 0 aliphatic rings. The first-order chi connectivity index (χ1) is 38.8. The van der Waals surface area contributed by atoms with Gasteiger partial charge in [-0.05, 0) is 159 Å². The van der Waals surface area contributed by atoms with Gasteiger partial charge in [0.05, 0.1) is 22.1 Å². The van der Waals surface area contributed by atoms with Gasteiger partial charge in [0.2, 0.25) is 0 Å². The molecule has 78 heavy (non-hydrogen) atoms. The molecule has 16 rings (SSSR count). The minimum atomic E-state index is 1.15. The van der Waals surface area contributed by atoms with Crippen LogP contribution in [0.3, 0.4) is 0 Å². The standard InChI is InChI=1S/C76H48N2/c1-5-23-49(24-6-1)53-33-17-37-59-65(53)47-66-54(50-25-7-2-8-26-50)34-18-38-60(66)75(59)76-61-39-19-35-55(57-41-21-45-71-73(57)63-31-13-15-43-69(63)77(71)51-27-9-3-10-28-51)67(61)48-68-56(36-20-40-62(68)76)58-42-22-46-72-74(58)64-32-14-16-44-70(64)78(72)52-29-11-4-12-30-52/h1-48H. The number of rotatable bonds is 7. The summed E-state index contributed by atoms with van der Waals surface area (Å²) in [6.45, 7) is 0. The van der Waals surface area contributed by atoms with E-state index in [9.17, 15) is 0 Å². The van der Waals surface area contributed by atoms with Crippen molar-refractivity contribution in [3.63, 3.8) is 0 Å². The third-order valence-electron chi connectivity index (χ3n) is 16.5. The highest BCUT2D eigenvalue weighted by atomic mass is 15.0. The molecule has 16 aromatic rings. The Bertz CT molecular complexity index is 4740. The van der Waals surface area contributed by atoms with E-state index in [0.29, 0.717) is 0 Å². The molecule has 0 aliphatic carbocycles. The summed E-state index contributed by atoms with van der Waals surface area (Å²) < 4.78 is 4.86. The molecule has 0 unspecified atom stereocenters. The molecule has 0 bridgehead atoms. The lowest BCUT2D eigenvalue weighted by atomic mass is 9.81. The second kappa shape index (κ2) is 17.7. The van der Waals surface area contributed by atoms with E-state index < -0.39 is 0 Å². The van der Waals surface area contributed by atoms with Crippen LogP contribution < -0.4 is 0 Å². The van der Waals surface area contributed by atoms with E-state index in [0.717, 1.165) is 11.4 Å². The van der Waals surface area contributed by atoms with Crippen molar-refractivity contribution in [1.82, 2.24) is 9.13 Å². The number of hydrogen-bond acceptors (Lipinski definition) is 0. The zero-order chi connectivity index (χ0) is 51.3. The van der Waals surface area contributed by atoms with Crippen LogP contribution in [0.25, 0.3) is 154 Å². The van der Waals surface area contributed by atoms with Crippen LogP contribution in [0, 0.1) is 0 Å². The Morgan fingerprint density at radius 2 is 0.462 bits per heavy atom. The quantitative estimate of drug-likeness (QED) is 0.141. The van der Waals surface area contributed by atoms with Crippen molar-refractivity contribution in [2.45, 2.75) is 0 Å². The predicted molar refractivity (Wildman–Crippen MR) is 332 cm³/mol. The average Bonchev–Trinajstić information content (AvgIpc) is 4.19. The molecule has 2 aromatic heterocycles. The molecule has 14 aromatic carbocycles. The monoisotopic (exact) mass is 988 g/mol. The summed E-state index contributed by atoms with van der Waals surface area (Å²) in [7, 11) is 0. The van der Waals surface area contributed by atoms with Gasteiger partial charge in [-0.15, -0.1) is 0 Å². The zero-order valence-corrected chi connectivity index (χ0v) is 42.6. The van der Waals surface area contributed by atoms with Gasteiger partial charge < -0.3 is 9.13 Å². The van der Waals surface area contributed by atoms with Crippen molar-refractivity contribution >= 4 is 86.7 Å². The molecule has 0 fully saturated rings. The predicted octanol–water partition coefficient (Wildman–Crippen LogP) is 20.8. The van der Waals surface area contributed by atoms with E-state index in [1.807, 2.05) is 0 Å². The first-order valence-electron chi connectivity index (χ1n) is 27.0. The van der Waals surface area contributed by atoms with Gasteiger partial charge in [0.25, 0.3) is 0 Å². The van der Waals surface area contributed by atoms with Gasteiger partial charge in [0.1, 0.15) is 0 Å². The summed E-state index contributed by atoms with van der Waals surface area (Å²) >= 11 is 0. The molecule has 362 valence electrons. The van der Waals surface area contributed by atoms with Crippen LogP contribution in [0.5, 0.6) is 0 Å². The maximum Gasteiger partial charge on any atom is 0.0547 e. The van der Waals surface area contributed by atoms with Crippen molar-refractivity contribution in [3.05, 3.63) is 291 Å². The highest BCUT2D eigenvalue weighted by Gasteiger charge is 2.25. The number of nitrogens with zero attached hydrogens (tertiary/aromatic N) is 2. The maximum atomic E-state index is 2.53. The molecule has 0 radical (unpaired) electrons. The normalized spacial score (nSPS) is 11.8. The molecule has 0 atom stereocenters. The van der Waals surface area contributed by atoms with Gasteiger partial charge in [0.15, 0.2) is 0 Å². The summed E-state index contributed by atoms with van der Waals surface area (Å²) in [5.74, 6) is 0. The van der Waals surface area contributed by atoms with Crippen LogP contribution in [0.15, 0.2) is 291 Å². The first-order valence-corrected chi connectivity index (χ1v) is 27.0. The molecular weight excluding hydrogens is 941 g/mol. The Balaban J connectivity index is 1.09. The zero-order valence-electron chi connectivity index (χ0n) is 42.6. The molecule has 2 heteroatoms. The van der Waals surface area contributed by atoms with E-state index in [1.54, 1.807) is 0 Å². The van der Waals surface area contributed by atoms with E-state index in [1.165, 1.54) is 142 Å². The third-order valence-corrected chi connectivity index (χ3v) is 16.5. The Kier molecular flexibility index (Phi) is 9.98. The molecule has 0 aliphatic heterocycles. The SMILES string of the molecule is c1ccc(-c2cccc3c(-c4c5cccc(-c6cccc7c6c6ccccc6n7-c6ccccc6)c5cc5c(-c6cccc7c6c6ccccc6n7-c6ccccc6)cccc45)c4cccc(-c5ccccc5)c4cc23)cc1. The summed E-state index contributed by atoms with van der Waals surface area (Å²) in [5, 5.41) is 14.7. The minimum absolute atomic E-state index is 1.15. The number of aromatic nitrogens is 2. The van der Waals surface area contributed by atoms with Gasteiger partial charge in [-0.2, -0.15) is 0 Å². The fraction of sp³-hybridized carbons (Fsp3) is 0. The number of para-hydroxylation sites is 4. The van der Waals surface area contributed by atoms with E-state index in [-0.39, 0.29) is 0 Å². The molecule has 0 saturated carbocycles. The molecule has 2 heterocycles. The summed E-state index contributed by atoms with van der Waals surface area (Å²) in [6, 6.07) is 108. The highest BCUT2D eigenvalue weighted by Crippen LogP contribution is 2.51. The topological polar surface area (TPSA) is 9.86 Å². The summed E-state index contributed by atoms with van der Waals surface area (Å²) in [4.78, 5) is 0. The van der Waals surface area contributed by atoms with Gasteiger partial charge in [-0.25, -0.2) is 0 Å². The number of fused-ring (bicyclic) bond motifs is 10. The minimum Gasteiger partial charge on any atom is -0.309 e.